The number of aromatic nitrogens is 1. The fraction of sp³-hybridized carbons (Fsp3) is 0.214. The molecule has 19 heavy (non-hydrogen) atoms. The van der Waals surface area contributed by atoms with Gasteiger partial charge in [0, 0.05) is 11.8 Å². The normalized spacial score (nSPS) is 10.5. The number of rotatable bonds is 4. The monoisotopic (exact) mass is 265 g/mol. The lowest BCUT2D eigenvalue weighted by Crippen LogP contribution is -2.02. The lowest BCUT2D eigenvalue weighted by Gasteiger charge is -2.10. The lowest BCUT2D eigenvalue weighted by atomic mass is 10.2. The third-order valence-corrected chi connectivity index (χ3v) is 2.54. The minimum atomic E-state index is -0.650. The van der Waals surface area contributed by atoms with E-state index in [1.54, 1.807) is 19.1 Å². The van der Waals surface area contributed by atoms with Gasteiger partial charge in [0.25, 0.3) is 0 Å². The van der Waals surface area contributed by atoms with Crippen LogP contribution in [0.4, 0.5) is 8.78 Å². The van der Waals surface area contributed by atoms with Crippen molar-refractivity contribution in [3.63, 3.8) is 0 Å². The van der Waals surface area contributed by atoms with Gasteiger partial charge in [-0.15, -0.1) is 0 Å². The van der Waals surface area contributed by atoms with E-state index in [4.69, 9.17) is 9.84 Å². The number of hydrogen-bond acceptors (Lipinski definition) is 3. The van der Waals surface area contributed by atoms with Crippen molar-refractivity contribution in [2.75, 3.05) is 0 Å². The van der Waals surface area contributed by atoms with Crippen LogP contribution in [0.2, 0.25) is 0 Å². The fourth-order valence-electron chi connectivity index (χ4n) is 1.70. The number of nitrogens with zero attached hydrogens (tertiary/aromatic N) is 1. The van der Waals surface area contributed by atoms with Crippen LogP contribution in [0.25, 0.3) is 0 Å². The molecule has 2 aromatic rings. The highest BCUT2D eigenvalue weighted by molar-refractivity contribution is 5.29. The zero-order valence-corrected chi connectivity index (χ0v) is 10.4. The Morgan fingerprint density at radius 2 is 1.84 bits per heavy atom. The molecule has 0 bridgehead atoms. The molecule has 0 saturated carbocycles. The molecule has 0 radical (unpaired) electrons. The third-order valence-electron chi connectivity index (χ3n) is 2.54. The molecule has 0 aliphatic carbocycles. The molecular formula is C14H13F2NO2. The number of aliphatic hydroxyl groups excluding tert-OH is 1. The highest BCUT2D eigenvalue weighted by Crippen LogP contribution is 2.19. The SMILES string of the molecule is Cc1ccc(OCc2cc(F)cc(F)c2)c(CO)n1. The van der Waals surface area contributed by atoms with Crippen molar-refractivity contribution in [1.82, 2.24) is 4.98 Å². The summed E-state index contributed by atoms with van der Waals surface area (Å²) < 4.78 is 31.4. The smallest absolute Gasteiger partial charge is 0.143 e. The summed E-state index contributed by atoms with van der Waals surface area (Å²) in [5.74, 6) is -0.899. The zero-order chi connectivity index (χ0) is 13.8. The Hall–Kier alpha value is -2.01. The van der Waals surface area contributed by atoms with Crippen LogP contribution in [0.5, 0.6) is 5.75 Å². The van der Waals surface area contributed by atoms with Gasteiger partial charge in [0.1, 0.15) is 29.7 Å². The molecular weight excluding hydrogens is 252 g/mol. The summed E-state index contributed by atoms with van der Waals surface area (Å²) in [6.07, 6.45) is 0. The zero-order valence-electron chi connectivity index (χ0n) is 10.4. The first-order valence-corrected chi connectivity index (χ1v) is 5.73. The molecule has 2 rings (SSSR count). The Kier molecular flexibility index (Phi) is 4.06. The van der Waals surface area contributed by atoms with Gasteiger partial charge >= 0.3 is 0 Å². The quantitative estimate of drug-likeness (QED) is 0.924. The fourth-order valence-corrected chi connectivity index (χ4v) is 1.70. The second-order valence-corrected chi connectivity index (χ2v) is 4.12. The second-order valence-electron chi connectivity index (χ2n) is 4.12. The summed E-state index contributed by atoms with van der Waals surface area (Å²) in [6, 6.07) is 6.60. The lowest BCUT2D eigenvalue weighted by molar-refractivity contribution is 0.253. The summed E-state index contributed by atoms with van der Waals surface area (Å²) in [5, 5.41) is 9.17. The minimum absolute atomic E-state index is 0.00637. The largest absolute Gasteiger partial charge is 0.487 e. The summed E-state index contributed by atoms with van der Waals surface area (Å²) in [6.45, 7) is 1.55. The number of pyridine rings is 1. The van der Waals surface area contributed by atoms with E-state index in [0.29, 0.717) is 17.0 Å². The first-order valence-electron chi connectivity index (χ1n) is 5.73. The van der Waals surface area contributed by atoms with Crippen LogP contribution >= 0.6 is 0 Å². The molecule has 0 saturated heterocycles. The average molecular weight is 265 g/mol. The van der Waals surface area contributed by atoms with Gasteiger partial charge < -0.3 is 9.84 Å². The number of aliphatic hydroxyl groups is 1. The second kappa shape index (κ2) is 5.75. The van der Waals surface area contributed by atoms with Crippen molar-refractivity contribution in [3.8, 4) is 5.75 Å². The highest BCUT2D eigenvalue weighted by Gasteiger charge is 2.06. The molecule has 0 amide bonds. The third kappa shape index (κ3) is 3.48. The molecule has 5 heteroatoms. The van der Waals surface area contributed by atoms with Crippen LogP contribution < -0.4 is 4.74 Å². The topological polar surface area (TPSA) is 42.4 Å². The molecule has 3 nitrogen and oxygen atoms in total. The number of halogens is 2. The Balaban J connectivity index is 2.14. The molecule has 100 valence electrons. The van der Waals surface area contributed by atoms with Gasteiger partial charge in [-0.25, -0.2) is 8.78 Å². The molecule has 1 N–H and O–H groups in total. The molecule has 0 unspecified atom stereocenters. The summed E-state index contributed by atoms with van der Waals surface area (Å²) in [7, 11) is 0. The molecule has 0 atom stereocenters. The van der Waals surface area contributed by atoms with Crippen LogP contribution in [-0.4, -0.2) is 10.1 Å². The van der Waals surface area contributed by atoms with Gasteiger partial charge in [0.15, 0.2) is 0 Å². The Bertz CT molecular complexity index is 567. The van der Waals surface area contributed by atoms with Crippen molar-refractivity contribution < 1.29 is 18.6 Å². The van der Waals surface area contributed by atoms with Gasteiger partial charge in [0.2, 0.25) is 0 Å². The van der Waals surface area contributed by atoms with Gasteiger partial charge in [-0.2, -0.15) is 0 Å². The van der Waals surface area contributed by atoms with E-state index in [-0.39, 0.29) is 13.2 Å². The summed E-state index contributed by atoms with van der Waals surface area (Å²) in [4.78, 5) is 4.12. The Labute approximate surface area is 109 Å². The van der Waals surface area contributed by atoms with Crippen molar-refractivity contribution in [2.45, 2.75) is 20.1 Å². The van der Waals surface area contributed by atoms with Gasteiger partial charge in [0.05, 0.1) is 6.61 Å². The van der Waals surface area contributed by atoms with E-state index in [2.05, 4.69) is 4.98 Å². The highest BCUT2D eigenvalue weighted by atomic mass is 19.1. The number of ether oxygens (including phenoxy) is 1. The van der Waals surface area contributed by atoms with Crippen LogP contribution in [0.1, 0.15) is 17.0 Å². The number of aryl methyl sites for hydroxylation is 1. The molecule has 1 aromatic carbocycles. The van der Waals surface area contributed by atoms with Crippen molar-refractivity contribution >= 4 is 0 Å². The number of benzene rings is 1. The predicted molar refractivity (Wildman–Crippen MR) is 65.6 cm³/mol. The Morgan fingerprint density at radius 1 is 1.16 bits per heavy atom. The maximum atomic E-state index is 13.0. The maximum Gasteiger partial charge on any atom is 0.143 e. The average Bonchev–Trinajstić information content (AvgIpc) is 2.36. The van der Waals surface area contributed by atoms with Crippen LogP contribution in [0, 0.1) is 18.6 Å². The maximum absolute atomic E-state index is 13.0. The standard InChI is InChI=1S/C14H13F2NO2/c1-9-2-3-14(13(7-18)17-9)19-8-10-4-11(15)6-12(16)5-10/h2-6,18H,7-8H2,1H3. The van der Waals surface area contributed by atoms with E-state index >= 15 is 0 Å². The predicted octanol–water partition coefficient (Wildman–Crippen LogP) is 2.74. The van der Waals surface area contributed by atoms with E-state index < -0.39 is 11.6 Å². The molecule has 0 spiro atoms. The molecule has 0 fully saturated rings. The minimum Gasteiger partial charge on any atom is -0.487 e. The van der Waals surface area contributed by atoms with E-state index in [1.165, 1.54) is 12.1 Å². The van der Waals surface area contributed by atoms with Gasteiger partial charge in [-0.3, -0.25) is 4.98 Å². The first-order chi connectivity index (χ1) is 9.08. The van der Waals surface area contributed by atoms with Gasteiger partial charge in [-0.1, -0.05) is 0 Å². The molecule has 1 heterocycles. The van der Waals surface area contributed by atoms with E-state index in [0.717, 1.165) is 11.8 Å². The van der Waals surface area contributed by atoms with Crippen molar-refractivity contribution in [3.05, 3.63) is 58.9 Å². The van der Waals surface area contributed by atoms with Crippen molar-refractivity contribution in [1.29, 1.82) is 0 Å². The van der Waals surface area contributed by atoms with Gasteiger partial charge in [-0.05, 0) is 36.8 Å². The first kappa shape index (κ1) is 13.4. The van der Waals surface area contributed by atoms with Crippen LogP contribution in [-0.2, 0) is 13.2 Å². The molecule has 0 aliphatic heterocycles. The van der Waals surface area contributed by atoms with Crippen molar-refractivity contribution in [2.24, 2.45) is 0 Å². The Morgan fingerprint density at radius 3 is 2.47 bits per heavy atom. The van der Waals surface area contributed by atoms with Crippen LogP contribution in [0.15, 0.2) is 30.3 Å². The van der Waals surface area contributed by atoms with Crippen LogP contribution in [0.3, 0.4) is 0 Å². The van der Waals surface area contributed by atoms with E-state index in [9.17, 15) is 8.78 Å². The number of hydrogen-bond donors (Lipinski definition) is 1. The van der Waals surface area contributed by atoms with E-state index in [1.807, 2.05) is 0 Å². The molecule has 1 aromatic heterocycles. The summed E-state index contributed by atoms with van der Waals surface area (Å²) >= 11 is 0. The molecule has 0 aliphatic rings. The summed E-state index contributed by atoms with van der Waals surface area (Å²) in [5.41, 5.74) is 1.53.